The molecule has 1 aromatic carbocycles. The van der Waals surface area contributed by atoms with Crippen molar-refractivity contribution in [2.45, 2.75) is 13.2 Å². The number of halogens is 2. The summed E-state index contributed by atoms with van der Waals surface area (Å²) < 4.78 is 5.46. The average Bonchev–Trinajstić information content (AvgIpc) is 2.36. The first-order chi connectivity index (χ1) is 8.65. The quantitative estimate of drug-likeness (QED) is 0.939. The lowest BCUT2D eigenvalue weighted by molar-refractivity contribution is 0.104. The molecule has 2 aromatic rings. The number of benzene rings is 1. The largest absolute Gasteiger partial charge is 0.371 e. The van der Waals surface area contributed by atoms with Gasteiger partial charge in [-0.1, -0.05) is 35.3 Å². The third-order valence-corrected chi connectivity index (χ3v) is 2.85. The van der Waals surface area contributed by atoms with Crippen LogP contribution < -0.4 is 5.69 Å². The van der Waals surface area contributed by atoms with Crippen LogP contribution >= 0.6 is 23.2 Å². The van der Waals surface area contributed by atoms with Crippen molar-refractivity contribution in [3.63, 3.8) is 0 Å². The summed E-state index contributed by atoms with van der Waals surface area (Å²) in [6, 6.07) is 7.33. The Kier molecular flexibility index (Phi) is 4.36. The first-order valence-corrected chi connectivity index (χ1v) is 5.96. The first-order valence-electron chi connectivity index (χ1n) is 5.21. The van der Waals surface area contributed by atoms with E-state index in [-0.39, 0.29) is 6.61 Å². The number of aromatic nitrogens is 2. The Hall–Kier alpha value is -1.36. The molecule has 2 rings (SSSR count). The number of H-pyrrole nitrogens is 1. The van der Waals surface area contributed by atoms with E-state index >= 15 is 0 Å². The van der Waals surface area contributed by atoms with Crippen molar-refractivity contribution in [2.75, 3.05) is 0 Å². The van der Waals surface area contributed by atoms with Gasteiger partial charge in [0.1, 0.15) is 0 Å². The second-order valence-corrected chi connectivity index (χ2v) is 4.48. The molecular weight excluding hydrogens is 275 g/mol. The summed E-state index contributed by atoms with van der Waals surface area (Å²) in [5.41, 5.74) is 1.07. The zero-order valence-corrected chi connectivity index (χ0v) is 10.8. The van der Waals surface area contributed by atoms with Crippen LogP contribution in [0.2, 0.25) is 10.0 Å². The Morgan fingerprint density at radius 3 is 2.61 bits per heavy atom. The van der Waals surface area contributed by atoms with Gasteiger partial charge in [0.05, 0.1) is 30.1 Å². The van der Waals surface area contributed by atoms with Gasteiger partial charge in [0, 0.05) is 5.02 Å². The van der Waals surface area contributed by atoms with E-state index in [0.717, 1.165) is 5.56 Å². The number of ether oxygens (including phenoxy) is 1. The summed E-state index contributed by atoms with van der Waals surface area (Å²) in [5, 5.41) is 1.06. The standard InChI is InChI=1S/C12H10Cl2N2O2/c13-9-3-1-8(2-4-9)6-18-7-11-10(14)5-15-12(17)16-11/h1-5H,6-7H2,(H,15,16,17). The lowest BCUT2D eigenvalue weighted by Gasteiger charge is -2.05. The van der Waals surface area contributed by atoms with Gasteiger partial charge in [0.25, 0.3) is 0 Å². The van der Waals surface area contributed by atoms with Crippen molar-refractivity contribution in [1.29, 1.82) is 0 Å². The number of hydrogen-bond acceptors (Lipinski definition) is 3. The van der Waals surface area contributed by atoms with Crippen LogP contribution in [0.3, 0.4) is 0 Å². The highest BCUT2D eigenvalue weighted by Gasteiger charge is 2.02. The number of nitrogens with one attached hydrogen (secondary N) is 1. The minimum absolute atomic E-state index is 0.221. The lowest BCUT2D eigenvalue weighted by atomic mass is 10.2. The van der Waals surface area contributed by atoms with Gasteiger partial charge >= 0.3 is 5.69 Å². The molecule has 0 aliphatic rings. The van der Waals surface area contributed by atoms with Crippen molar-refractivity contribution < 1.29 is 4.74 Å². The molecular formula is C12H10Cl2N2O2. The van der Waals surface area contributed by atoms with Crippen molar-refractivity contribution >= 4 is 23.2 Å². The maximum Gasteiger partial charge on any atom is 0.345 e. The fourth-order valence-corrected chi connectivity index (χ4v) is 1.65. The monoisotopic (exact) mass is 284 g/mol. The van der Waals surface area contributed by atoms with E-state index in [1.807, 2.05) is 12.1 Å². The summed E-state index contributed by atoms with van der Waals surface area (Å²) in [6.45, 7) is 0.636. The van der Waals surface area contributed by atoms with E-state index in [0.29, 0.717) is 22.3 Å². The van der Waals surface area contributed by atoms with E-state index < -0.39 is 5.69 Å². The molecule has 1 aromatic heterocycles. The molecule has 1 N–H and O–H groups in total. The molecule has 1 heterocycles. The van der Waals surface area contributed by atoms with Crippen molar-refractivity contribution in [3.05, 3.63) is 62.2 Å². The highest BCUT2D eigenvalue weighted by atomic mass is 35.5. The summed E-state index contributed by atoms with van der Waals surface area (Å²) in [6.07, 6.45) is 1.31. The maximum atomic E-state index is 11.0. The Labute approximate surface area is 114 Å². The summed E-state index contributed by atoms with van der Waals surface area (Å²) in [5.74, 6) is 0. The van der Waals surface area contributed by atoms with E-state index in [1.54, 1.807) is 12.1 Å². The molecule has 4 nitrogen and oxygen atoms in total. The van der Waals surface area contributed by atoms with E-state index in [4.69, 9.17) is 27.9 Å². The second-order valence-electron chi connectivity index (χ2n) is 3.63. The van der Waals surface area contributed by atoms with Gasteiger partial charge in [0.15, 0.2) is 0 Å². The number of rotatable bonds is 4. The molecule has 0 bridgehead atoms. The smallest absolute Gasteiger partial charge is 0.345 e. The molecule has 94 valence electrons. The first kappa shape index (κ1) is 13.1. The van der Waals surface area contributed by atoms with Gasteiger partial charge in [-0.3, -0.25) is 0 Å². The van der Waals surface area contributed by atoms with Gasteiger partial charge in [-0.15, -0.1) is 0 Å². The average molecular weight is 285 g/mol. The third-order valence-electron chi connectivity index (χ3n) is 2.27. The van der Waals surface area contributed by atoms with Crippen LogP contribution in [0, 0.1) is 0 Å². The molecule has 0 radical (unpaired) electrons. The molecule has 0 unspecified atom stereocenters. The molecule has 0 amide bonds. The van der Waals surface area contributed by atoms with Gasteiger partial charge < -0.3 is 9.72 Å². The molecule has 0 saturated carbocycles. The van der Waals surface area contributed by atoms with Crippen LogP contribution in [0.1, 0.15) is 11.3 Å². The SMILES string of the molecule is O=c1ncc(Cl)c(COCc2ccc(Cl)cc2)[nH]1. The molecule has 0 saturated heterocycles. The second kappa shape index (κ2) is 6.00. The van der Waals surface area contributed by atoms with Crippen molar-refractivity contribution in [1.82, 2.24) is 9.97 Å². The minimum Gasteiger partial charge on any atom is -0.371 e. The van der Waals surface area contributed by atoms with E-state index in [2.05, 4.69) is 9.97 Å². The zero-order valence-electron chi connectivity index (χ0n) is 9.32. The fourth-order valence-electron chi connectivity index (χ4n) is 1.37. The highest BCUT2D eigenvalue weighted by Crippen LogP contribution is 2.13. The Bertz CT molecular complexity index is 581. The Morgan fingerprint density at radius 2 is 1.89 bits per heavy atom. The molecule has 0 fully saturated rings. The van der Waals surface area contributed by atoms with E-state index in [9.17, 15) is 4.79 Å². The van der Waals surface area contributed by atoms with Gasteiger partial charge in [-0.2, -0.15) is 0 Å². The number of hydrogen-bond donors (Lipinski definition) is 1. The lowest BCUT2D eigenvalue weighted by Crippen LogP contribution is -2.13. The van der Waals surface area contributed by atoms with Crippen LogP contribution in [-0.4, -0.2) is 9.97 Å². The van der Waals surface area contributed by atoms with Crippen LogP contribution in [0.5, 0.6) is 0 Å². The number of nitrogens with zero attached hydrogens (tertiary/aromatic N) is 1. The zero-order chi connectivity index (χ0) is 13.0. The maximum absolute atomic E-state index is 11.0. The van der Waals surface area contributed by atoms with Crippen molar-refractivity contribution in [3.8, 4) is 0 Å². The summed E-state index contributed by atoms with van der Waals surface area (Å²) in [7, 11) is 0. The van der Waals surface area contributed by atoms with Crippen molar-refractivity contribution in [2.24, 2.45) is 0 Å². The summed E-state index contributed by atoms with van der Waals surface area (Å²) in [4.78, 5) is 17.0. The van der Waals surface area contributed by atoms with Crippen LogP contribution in [0.15, 0.2) is 35.3 Å². The predicted molar refractivity (Wildman–Crippen MR) is 69.8 cm³/mol. The van der Waals surface area contributed by atoms with Crippen LogP contribution in [0.4, 0.5) is 0 Å². The molecule has 0 spiro atoms. The minimum atomic E-state index is -0.440. The topological polar surface area (TPSA) is 55.0 Å². The fraction of sp³-hybridized carbons (Fsp3) is 0.167. The molecule has 0 aliphatic carbocycles. The third kappa shape index (κ3) is 3.57. The van der Waals surface area contributed by atoms with Crippen LogP contribution in [-0.2, 0) is 18.0 Å². The van der Waals surface area contributed by atoms with Gasteiger partial charge in [-0.05, 0) is 17.7 Å². The normalized spacial score (nSPS) is 10.6. The van der Waals surface area contributed by atoms with Gasteiger partial charge in [-0.25, -0.2) is 9.78 Å². The number of aromatic amines is 1. The van der Waals surface area contributed by atoms with Gasteiger partial charge in [0.2, 0.25) is 0 Å². The predicted octanol–water partition coefficient (Wildman–Crippen LogP) is 2.79. The summed E-state index contributed by atoms with van der Waals surface area (Å²) >= 11 is 11.6. The molecule has 0 aliphatic heterocycles. The molecule has 0 atom stereocenters. The van der Waals surface area contributed by atoms with Crippen LogP contribution in [0.25, 0.3) is 0 Å². The molecule has 18 heavy (non-hydrogen) atoms. The van der Waals surface area contributed by atoms with E-state index in [1.165, 1.54) is 6.20 Å². The Morgan fingerprint density at radius 1 is 1.17 bits per heavy atom. The highest BCUT2D eigenvalue weighted by molar-refractivity contribution is 6.31. The molecule has 6 heteroatoms. The Balaban J connectivity index is 1.94.